The number of hydrogen-bond donors (Lipinski definition) is 1. The molecule has 0 saturated heterocycles. The fourth-order valence-electron chi connectivity index (χ4n) is 0.766. The van der Waals surface area contributed by atoms with Crippen LogP contribution in [0, 0.1) is 0 Å². The summed E-state index contributed by atoms with van der Waals surface area (Å²) in [6.45, 7) is 0. The molecule has 0 aliphatic rings. The number of carboxylic acid groups (broad SMARTS) is 1. The zero-order valence-corrected chi connectivity index (χ0v) is 11.0. The SMILES string of the molecule is CN(OC=Nc1ccc(Cl)c(Cl)c1)C(=O)O.Cl. The smallest absolute Gasteiger partial charge is 0.440 e. The number of hydroxylamine groups is 2. The first-order valence-corrected chi connectivity index (χ1v) is 4.87. The van der Waals surface area contributed by atoms with Crippen molar-refractivity contribution in [3.63, 3.8) is 0 Å². The molecule has 0 radical (unpaired) electrons. The maximum Gasteiger partial charge on any atom is 0.440 e. The van der Waals surface area contributed by atoms with Gasteiger partial charge in [-0.2, -0.15) is 0 Å². The second kappa shape index (κ2) is 7.21. The molecule has 1 aromatic rings. The van der Waals surface area contributed by atoms with E-state index in [2.05, 4.69) is 9.83 Å². The van der Waals surface area contributed by atoms with Gasteiger partial charge in [0.2, 0.25) is 6.40 Å². The Hall–Kier alpha value is -1.17. The van der Waals surface area contributed by atoms with Crippen molar-refractivity contribution in [2.45, 2.75) is 0 Å². The van der Waals surface area contributed by atoms with Crippen molar-refractivity contribution in [2.24, 2.45) is 4.99 Å². The number of amides is 1. The Bertz CT molecular complexity index is 426. The summed E-state index contributed by atoms with van der Waals surface area (Å²) in [6, 6.07) is 4.73. The van der Waals surface area contributed by atoms with Crippen LogP contribution in [-0.4, -0.2) is 29.7 Å². The molecule has 17 heavy (non-hydrogen) atoms. The minimum Gasteiger partial charge on any atom is -0.463 e. The van der Waals surface area contributed by atoms with Gasteiger partial charge in [0.05, 0.1) is 22.8 Å². The van der Waals surface area contributed by atoms with Crippen LogP contribution < -0.4 is 0 Å². The maximum absolute atomic E-state index is 10.3. The average molecular weight is 300 g/mol. The van der Waals surface area contributed by atoms with Crippen LogP contribution in [0.2, 0.25) is 10.0 Å². The van der Waals surface area contributed by atoms with Crippen molar-refractivity contribution in [2.75, 3.05) is 7.05 Å². The number of hydrogen-bond acceptors (Lipinski definition) is 3. The minimum atomic E-state index is -1.22. The van der Waals surface area contributed by atoms with Gasteiger partial charge in [0.15, 0.2) is 0 Å². The number of halogens is 3. The van der Waals surface area contributed by atoms with E-state index in [1.807, 2.05) is 0 Å². The fraction of sp³-hybridized carbons (Fsp3) is 0.111. The van der Waals surface area contributed by atoms with E-state index in [9.17, 15) is 4.79 Å². The van der Waals surface area contributed by atoms with E-state index in [4.69, 9.17) is 28.3 Å². The van der Waals surface area contributed by atoms with Gasteiger partial charge in [-0.15, -0.1) is 17.5 Å². The number of nitrogens with zero attached hydrogens (tertiary/aromatic N) is 2. The highest BCUT2D eigenvalue weighted by molar-refractivity contribution is 6.42. The van der Waals surface area contributed by atoms with Crippen LogP contribution in [0.15, 0.2) is 23.2 Å². The van der Waals surface area contributed by atoms with E-state index < -0.39 is 6.09 Å². The Morgan fingerprint density at radius 3 is 2.65 bits per heavy atom. The van der Waals surface area contributed by atoms with E-state index in [0.29, 0.717) is 20.8 Å². The molecule has 0 spiro atoms. The maximum atomic E-state index is 10.3. The normalized spacial score (nSPS) is 9.82. The topological polar surface area (TPSA) is 62.1 Å². The Morgan fingerprint density at radius 1 is 1.47 bits per heavy atom. The molecule has 0 saturated carbocycles. The van der Waals surface area contributed by atoms with Crippen LogP contribution in [0.4, 0.5) is 10.5 Å². The van der Waals surface area contributed by atoms with Gasteiger partial charge in [-0.05, 0) is 18.2 Å². The predicted octanol–water partition coefficient (Wildman–Crippen LogP) is 3.62. The molecule has 0 heterocycles. The first-order valence-electron chi connectivity index (χ1n) is 4.11. The first kappa shape index (κ1) is 15.8. The molecule has 1 rings (SSSR count). The molecule has 94 valence electrons. The second-order valence-corrected chi connectivity index (χ2v) is 3.53. The number of rotatable bonds is 3. The quantitative estimate of drug-likeness (QED) is 0.527. The van der Waals surface area contributed by atoms with Gasteiger partial charge >= 0.3 is 6.09 Å². The Labute approximate surface area is 114 Å². The highest BCUT2D eigenvalue weighted by Crippen LogP contribution is 2.26. The van der Waals surface area contributed by atoms with Crippen LogP contribution >= 0.6 is 35.6 Å². The molecular weight excluding hydrogens is 290 g/mol. The predicted molar refractivity (Wildman–Crippen MR) is 68.7 cm³/mol. The van der Waals surface area contributed by atoms with Gasteiger partial charge in [0, 0.05) is 0 Å². The first-order chi connectivity index (χ1) is 7.50. The Balaban J connectivity index is 0.00000256. The van der Waals surface area contributed by atoms with Gasteiger partial charge in [0.25, 0.3) is 0 Å². The van der Waals surface area contributed by atoms with Crippen molar-refractivity contribution in [3.8, 4) is 0 Å². The van der Waals surface area contributed by atoms with Crippen LogP contribution in [-0.2, 0) is 4.84 Å². The molecule has 0 aromatic heterocycles. The summed E-state index contributed by atoms with van der Waals surface area (Å²) in [5, 5.41) is 9.86. The van der Waals surface area contributed by atoms with Crippen LogP contribution in [0.25, 0.3) is 0 Å². The van der Waals surface area contributed by atoms with E-state index in [0.717, 1.165) is 6.40 Å². The van der Waals surface area contributed by atoms with E-state index in [1.54, 1.807) is 12.1 Å². The molecule has 8 heteroatoms. The molecule has 0 unspecified atom stereocenters. The van der Waals surface area contributed by atoms with Gasteiger partial charge in [-0.25, -0.2) is 9.79 Å². The van der Waals surface area contributed by atoms with Crippen molar-refractivity contribution in [1.82, 2.24) is 5.06 Å². The molecule has 0 fully saturated rings. The van der Waals surface area contributed by atoms with Gasteiger partial charge in [-0.3, -0.25) is 0 Å². The standard InChI is InChI=1S/C9H8Cl2N2O3.ClH/c1-13(9(14)15)16-5-12-6-2-3-7(10)8(11)4-6;/h2-5H,1H3,(H,14,15);1H. The number of benzene rings is 1. The molecular formula is C9H9Cl3N2O3. The fourth-order valence-corrected chi connectivity index (χ4v) is 1.06. The lowest BCUT2D eigenvalue weighted by Crippen LogP contribution is -2.24. The van der Waals surface area contributed by atoms with Gasteiger partial charge in [0.1, 0.15) is 0 Å². The molecule has 0 aliphatic carbocycles. The third kappa shape index (κ3) is 5.12. The third-order valence-electron chi connectivity index (χ3n) is 1.58. The second-order valence-electron chi connectivity index (χ2n) is 2.72. The Kier molecular flexibility index (Phi) is 6.72. The highest BCUT2D eigenvalue weighted by atomic mass is 35.5. The van der Waals surface area contributed by atoms with Crippen LogP contribution in [0.1, 0.15) is 0 Å². The van der Waals surface area contributed by atoms with E-state index in [1.165, 1.54) is 13.1 Å². The summed E-state index contributed by atoms with van der Waals surface area (Å²) in [5.41, 5.74) is 0.508. The lowest BCUT2D eigenvalue weighted by atomic mass is 10.3. The van der Waals surface area contributed by atoms with Crippen molar-refractivity contribution >= 4 is 53.8 Å². The summed E-state index contributed by atoms with van der Waals surface area (Å²) in [6.07, 6.45) is -0.228. The summed E-state index contributed by atoms with van der Waals surface area (Å²) < 4.78 is 0. The zero-order chi connectivity index (χ0) is 12.1. The molecule has 0 aliphatic heterocycles. The van der Waals surface area contributed by atoms with Crippen molar-refractivity contribution in [3.05, 3.63) is 28.2 Å². The van der Waals surface area contributed by atoms with E-state index in [-0.39, 0.29) is 12.4 Å². The molecule has 0 bridgehead atoms. The number of aliphatic imine (C=N–C) groups is 1. The highest BCUT2D eigenvalue weighted by Gasteiger charge is 2.03. The van der Waals surface area contributed by atoms with E-state index >= 15 is 0 Å². The van der Waals surface area contributed by atoms with Crippen molar-refractivity contribution in [1.29, 1.82) is 0 Å². The Morgan fingerprint density at radius 2 is 2.12 bits per heavy atom. The van der Waals surface area contributed by atoms with Crippen LogP contribution in [0.3, 0.4) is 0 Å². The lowest BCUT2D eigenvalue weighted by Gasteiger charge is -2.08. The van der Waals surface area contributed by atoms with Gasteiger partial charge in [-0.1, -0.05) is 23.2 Å². The summed E-state index contributed by atoms with van der Waals surface area (Å²) in [4.78, 5) is 18.8. The largest absolute Gasteiger partial charge is 0.463 e. The third-order valence-corrected chi connectivity index (χ3v) is 2.32. The van der Waals surface area contributed by atoms with Gasteiger partial charge < -0.3 is 9.94 Å². The average Bonchev–Trinajstić information content (AvgIpc) is 2.23. The summed E-state index contributed by atoms with van der Waals surface area (Å²) >= 11 is 11.5. The molecule has 1 N–H and O–H groups in total. The molecule has 0 atom stereocenters. The summed E-state index contributed by atoms with van der Waals surface area (Å²) in [5.74, 6) is 0. The van der Waals surface area contributed by atoms with Crippen LogP contribution in [0.5, 0.6) is 0 Å². The molecule has 1 aromatic carbocycles. The number of carbonyl (C=O) groups is 1. The lowest BCUT2D eigenvalue weighted by molar-refractivity contribution is -0.0190. The molecule has 1 amide bonds. The molecule has 5 nitrogen and oxygen atoms in total. The zero-order valence-electron chi connectivity index (χ0n) is 8.63. The monoisotopic (exact) mass is 298 g/mol. The summed E-state index contributed by atoms with van der Waals surface area (Å²) in [7, 11) is 1.24. The van der Waals surface area contributed by atoms with Crippen molar-refractivity contribution < 1.29 is 14.7 Å². The minimum absolute atomic E-state index is 0.